The highest BCUT2D eigenvalue weighted by atomic mass is 19.2. The zero-order valence-electron chi connectivity index (χ0n) is 8.76. The van der Waals surface area contributed by atoms with Gasteiger partial charge in [-0.15, -0.1) is 0 Å². The third kappa shape index (κ3) is 2.53. The molecule has 1 N–H and O–H groups in total. The Labute approximate surface area is 88.5 Å². The molecule has 1 nitrogen and oxygen atoms in total. The fraction of sp³-hybridized carbons (Fsp3) is 0.500. The second-order valence-corrected chi connectivity index (χ2v) is 4.19. The molecule has 0 spiro atoms. The summed E-state index contributed by atoms with van der Waals surface area (Å²) in [7, 11) is 1.86. The first-order valence-electron chi connectivity index (χ1n) is 5.33. The van der Waals surface area contributed by atoms with E-state index in [1.54, 1.807) is 6.07 Å². The van der Waals surface area contributed by atoms with E-state index in [0.717, 1.165) is 17.9 Å². The van der Waals surface area contributed by atoms with Gasteiger partial charge in [0.2, 0.25) is 0 Å². The second-order valence-electron chi connectivity index (χ2n) is 4.19. The molecule has 1 unspecified atom stereocenters. The van der Waals surface area contributed by atoms with Crippen LogP contribution in [0.1, 0.15) is 30.9 Å². The third-order valence-corrected chi connectivity index (χ3v) is 2.96. The molecule has 82 valence electrons. The Bertz CT molecular complexity index is 347. The number of halogens is 2. The van der Waals surface area contributed by atoms with E-state index in [1.165, 1.54) is 25.0 Å². The van der Waals surface area contributed by atoms with Crippen LogP contribution in [0.5, 0.6) is 0 Å². The Morgan fingerprint density at radius 1 is 1.33 bits per heavy atom. The van der Waals surface area contributed by atoms with Crippen LogP contribution >= 0.6 is 0 Å². The lowest BCUT2D eigenvalue weighted by Crippen LogP contribution is -2.17. The predicted octanol–water partition coefficient (Wildman–Crippen LogP) is 3.03. The van der Waals surface area contributed by atoms with Gasteiger partial charge in [0, 0.05) is 6.04 Å². The van der Waals surface area contributed by atoms with Crippen LogP contribution in [0.3, 0.4) is 0 Å². The van der Waals surface area contributed by atoms with Crippen molar-refractivity contribution < 1.29 is 8.78 Å². The van der Waals surface area contributed by atoms with Crippen molar-refractivity contribution in [3.63, 3.8) is 0 Å². The molecule has 0 amide bonds. The monoisotopic (exact) mass is 211 g/mol. The number of hydrogen-bond donors (Lipinski definition) is 1. The minimum atomic E-state index is -0.778. The molecule has 2 rings (SSSR count). The van der Waals surface area contributed by atoms with Crippen molar-refractivity contribution >= 4 is 0 Å². The molecule has 0 bridgehead atoms. The Balaban J connectivity index is 2.13. The smallest absolute Gasteiger partial charge is 0.159 e. The summed E-state index contributed by atoms with van der Waals surface area (Å²) in [6, 6.07) is 4.29. The number of nitrogens with one attached hydrogen (secondary N) is 1. The van der Waals surface area contributed by atoms with Gasteiger partial charge in [-0.2, -0.15) is 0 Å². The Morgan fingerprint density at radius 3 is 2.60 bits per heavy atom. The average molecular weight is 211 g/mol. The molecule has 1 aliphatic rings. The Hall–Kier alpha value is -0.960. The molecule has 1 fully saturated rings. The summed E-state index contributed by atoms with van der Waals surface area (Å²) in [5.74, 6) is -0.779. The van der Waals surface area contributed by atoms with Crippen molar-refractivity contribution in [2.75, 3.05) is 7.05 Å². The van der Waals surface area contributed by atoms with E-state index in [9.17, 15) is 8.78 Å². The molecule has 1 aliphatic carbocycles. The van der Waals surface area contributed by atoms with Gasteiger partial charge in [0.15, 0.2) is 11.6 Å². The van der Waals surface area contributed by atoms with Crippen molar-refractivity contribution in [2.45, 2.75) is 25.3 Å². The molecule has 0 radical (unpaired) electrons. The van der Waals surface area contributed by atoms with Gasteiger partial charge in [0.05, 0.1) is 0 Å². The minimum absolute atomic E-state index is 0.146. The van der Waals surface area contributed by atoms with E-state index in [2.05, 4.69) is 5.32 Å². The minimum Gasteiger partial charge on any atom is -0.313 e. The van der Waals surface area contributed by atoms with E-state index in [1.807, 2.05) is 7.05 Å². The quantitative estimate of drug-likeness (QED) is 0.807. The summed E-state index contributed by atoms with van der Waals surface area (Å²) < 4.78 is 25.8. The zero-order valence-corrected chi connectivity index (χ0v) is 8.76. The van der Waals surface area contributed by atoms with Gasteiger partial charge >= 0.3 is 0 Å². The zero-order chi connectivity index (χ0) is 10.8. The maximum absolute atomic E-state index is 13.0. The molecule has 1 aromatic carbocycles. The molecule has 0 heterocycles. The van der Waals surface area contributed by atoms with Crippen LogP contribution in [0.4, 0.5) is 8.78 Å². The van der Waals surface area contributed by atoms with Gasteiger partial charge in [-0.05, 0) is 37.1 Å². The molecule has 1 aromatic rings. The van der Waals surface area contributed by atoms with Crippen LogP contribution in [0, 0.1) is 17.6 Å². The average Bonchev–Trinajstić information content (AvgIpc) is 3.02. The molecule has 15 heavy (non-hydrogen) atoms. The molecule has 1 atom stereocenters. The highest BCUT2D eigenvalue weighted by Crippen LogP contribution is 2.37. The van der Waals surface area contributed by atoms with Crippen molar-refractivity contribution in [3.8, 4) is 0 Å². The molecule has 0 aliphatic heterocycles. The van der Waals surface area contributed by atoms with Gasteiger partial charge in [-0.1, -0.05) is 18.9 Å². The summed E-state index contributed by atoms with van der Waals surface area (Å²) in [6.45, 7) is 0. The largest absolute Gasteiger partial charge is 0.313 e. The summed E-state index contributed by atoms with van der Waals surface area (Å²) in [5.41, 5.74) is 0.836. The highest BCUT2D eigenvalue weighted by molar-refractivity contribution is 5.21. The fourth-order valence-electron chi connectivity index (χ4n) is 1.84. The lowest BCUT2D eigenvalue weighted by atomic mass is 10.0. The van der Waals surface area contributed by atoms with Crippen LogP contribution in [0.15, 0.2) is 18.2 Å². The maximum Gasteiger partial charge on any atom is 0.159 e. The Kier molecular flexibility index (Phi) is 3.00. The van der Waals surface area contributed by atoms with Crippen LogP contribution < -0.4 is 5.32 Å². The first kappa shape index (κ1) is 10.6. The van der Waals surface area contributed by atoms with Crippen LogP contribution in [-0.2, 0) is 0 Å². The summed E-state index contributed by atoms with van der Waals surface area (Å²) in [6.07, 6.45) is 3.55. The van der Waals surface area contributed by atoms with Crippen LogP contribution in [-0.4, -0.2) is 7.05 Å². The van der Waals surface area contributed by atoms with E-state index in [-0.39, 0.29) is 6.04 Å². The third-order valence-electron chi connectivity index (χ3n) is 2.96. The highest BCUT2D eigenvalue weighted by Gasteiger charge is 2.25. The first-order valence-corrected chi connectivity index (χ1v) is 5.33. The molecular formula is C12H15F2N. The molecule has 1 saturated carbocycles. The van der Waals surface area contributed by atoms with E-state index in [0.29, 0.717) is 0 Å². The van der Waals surface area contributed by atoms with Gasteiger partial charge in [-0.3, -0.25) is 0 Å². The maximum atomic E-state index is 13.0. The van der Waals surface area contributed by atoms with Crippen LogP contribution in [0.2, 0.25) is 0 Å². The van der Waals surface area contributed by atoms with Gasteiger partial charge in [-0.25, -0.2) is 8.78 Å². The number of rotatable bonds is 4. The normalized spacial score (nSPS) is 17.8. The summed E-state index contributed by atoms with van der Waals surface area (Å²) in [5, 5.41) is 3.15. The van der Waals surface area contributed by atoms with Gasteiger partial charge < -0.3 is 5.32 Å². The van der Waals surface area contributed by atoms with E-state index < -0.39 is 11.6 Å². The first-order chi connectivity index (χ1) is 7.20. The van der Waals surface area contributed by atoms with Crippen molar-refractivity contribution in [2.24, 2.45) is 5.92 Å². The van der Waals surface area contributed by atoms with Crippen molar-refractivity contribution in [1.29, 1.82) is 0 Å². The lowest BCUT2D eigenvalue weighted by molar-refractivity contribution is 0.488. The van der Waals surface area contributed by atoms with Crippen LogP contribution in [0.25, 0.3) is 0 Å². The van der Waals surface area contributed by atoms with E-state index in [4.69, 9.17) is 0 Å². The standard InChI is InChI=1S/C12H15F2N/c1-15-12(6-8-2-3-8)9-4-5-10(13)11(14)7-9/h4-5,7-8,12,15H,2-3,6H2,1H3. The summed E-state index contributed by atoms with van der Waals surface area (Å²) in [4.78, 5) is 0. The fourth-order valence-corrected chi connectivity index (χ4v) is 1.84. The Morgan fingerprint density at radius 2 is 2.07 bits per heavy atom. The van der Waals surface area contributed by atoms with E-state index >= 15 is 0 Å². The molecular weight excluding hydrogens is 196 g/mol. The molecule has 0 saturated heterocycles. The lowest BCUT2D eigenvalue weighted by Gasteiger charge is -2.16. The summed E-state index contributed by atoms with van der Waals surface area (Å²) >= 11 is 0. The second kappa shape index (κ2) is 4.27. The molecule has 0 aromatic heterocycles. The number of benzene rings is 1. The van der Waals surface area contributed by atoms with Crippen molar-refractivity contribution in [1.82, 2.24) is 5.32 Å². The molecule has 3 heteroatoms. The SMILES string of the molecule is CNC(CC1CC1)c1ccc(F)c(F)c1. The van der Waals surface area contributed by atoms with Gasteiger partial charge in [0.1, 0.15) is 0 Å². The predicted molar refractivity (Wildman–Crippen MR) is 55.5 cm³/mol. The van der Waals surface area contributed by atoms with Crippen molar-refractivity contribution in [3.05, 3.63) is 35.4 Å². The van der Waals surface area contributed by atoms with Gasteiger partial charge in [0.25, 0.3) is 0 Å². The topological polar surface area (TPSA) is 12.0 Å². The number of hydrogen-bond acceptors (Lipinski definition) is 1.